The Kier molecular flexibility index (Phi) is 4.09. The summed E-state index contributed by atoms with van der Waals surface area (Å²) in [5.74, 6) is 4.58. The number of carbonyl (C=O) groups is 1. The predicted octanol–water partition coefficient (Wildman–Crippen LogP) is 1.89. The van der Waals surface area contributed by atoms with Gasteiger partial charge in [0.2, 0.25) is 0 Å². The number of rotatable bonds is 1. The third-order valence-electron chi connectivity index (χ3n) is 1.43. The first-order chi connectivity index (χ1) is 6.72. The smallest absolute Gasteiger partial charge is 0.384 e. The van der Waals surface area contributed by atoms with Crippen molar-refractivity contribution in [2.45, 2.75) is 11.8 Å². The Morgan fingerprint density at radius 2 is 2.36 bits per heavy atom. The van der Waals surface area contributed by atoms with Crippen LogP contribution >= 0.6 is 12.6 Å². The topological polar surface area (TPSA) is 26.3 Å². The lowest BCUT2D eigenvalue weighted by atomic mass is 10.2. The molecule has 3 heteroatoms. The molecule has 0 saturated heterocycles. The van der Waals surface area contributed by atoms with Crippen LogP contribution in [0.1, 0.15) is 12.5 Å². The highest BCUT2D eigenvalue weighted by molar-refractivity contribution is 7.80. The van der Waals surface area contributed by atoms with Gasteiger partial charge in [0.05, 0.1) is 6.61 Å². The van der Waals surface area contributed by atoms with E-state index < -0.39 is 5.97 Å². The maximum atomic E-state index is 10.9. The van der Waals surface area contributed by atoms with E-state index in [0.717, 1.165) is 10.5 Å². The standard InChI is InChI=1S/C11H10O2S/c1-2-13-11(12)7-6-9-4-3-5-10(14)8-9/h3-5,8,14H,2H2,1H3. The molecule has 14 heavy (non-hydrogen) atoms. The predicted molar refractivity (Wildman–Crippen MR) is 57.2 cm³/mol. The van der Waals surface area contributed by atoms with E-state index in [1.54, 1.807) is 13.0 Å². The molecule has 2 nitrogen and oxygen atoms in total. The van der Waals surface area contributed by atoms with Gasteiger partial charge in [-0.05, 0) is 25.1 Å². The van der Waals surface area contributed by atoms with E-state index in [2.05, 4.69) is 29.2 Å². The lowest BCUT2D eigenvalue weighted by Crippen LogP contribution is -1.99. The molecule has 1 aromatic carbocycles. The molecule has 0 N–H and O–H groups in total. The Bertz CT molecular complexity index is 388. The van der Waals surface area contributed by atoms with Gasteiger partial charge in [-0.2, -0.15) is 0 Å². The van der Waals surface area contributed by atoms with Crippen LogP contribution in [0.25, 0.3) is 0 Å². The number of ether oxygens (including phenoxy) is 1. The molecule has 0 aliphatic heterocycles. The fourth-order valence-corrected chi connectivity index (χ4v) is 1.10. The molecule has 0 spiro atoms. The van der Waals surface area contributed by atoms with Crippen molar-refractivity contribution in [2.75, 3.05) is 6.61 Å². The molecule has 1 aromatic rings. The van der Waals surface area contributed by atoms with Gasteiger partial charge in [0.1, 0.15) is 0 Å². The quantitative estimate of drug-likeness (QED) is 0.431. The van der Waals surface area contributed by atoms with Crippen molar-refractivity contribution >= 4 is 18.6 Å². The highest BCUT2D eigenvalue weighted by Gasteiger charge is 1.93. The number of carbonyl (C=O) groups excluding carboxylic acids is 1. The van der Waals surface area contributed by atoms with Crippen molar-refractivity contribution in [3.05, 3.63) is 29.8 Å². The molecule has 0 aromatic heterocycles. The lowest BCUT2D eigenvalue weighted by molar-refractivity contribution is -0.136. The summed E-state index contributed by atoms with van der Waals surface area (Å²) < 4.78 is 4.66. The van der Waals surface area contributed by atoms with Gasteiger partial charge in [0, 0.05) is 16.4 Å². The first-order valence-corrected chi connectivity index (χ1v) is 4.65. The first-order valence-electron chi connectivity index (χ1n) is 4.20. The van der Waals surface area contributed by atoms with Crippen LogP contribution in [-0.4, -0.2) is 12.6 Å². The molecule has 1 rings (SSSR count). The summed E-state index contributed by atoms with van der Waals surface area (Å²) in [6, 6.07) is 7.28. The van der Waals surface area contributed by atoms with Crippen molar-refractivity contribution in [2.24, 2.45) is 0 Å². The van der Waals surface area contributed by atoms with Crippen molar-refractivity contribution in [3.63, 3.8) is 0 Å². The number of hydrogen-bond donors (Lipinski definition) is 1. The minimum Gasteiger partial charge on any atom is -0.456 e. The van der Waals surface area contributed by atoms with Gasteiger partial charge in [0.25, 0.3) is 0 Å². The second kappa shape index (κ2) is 5.36. The molecule has 0 heterocycles. The molecule has 0 radical (unpaired) electrons. The summed E-state index contributed by atoms with van der Waals surface area (Å²) in [5.41, 5.74) is 0.755. The molecule has 0 fully saturated rings. The molecular formula is C11H10O2S. The summed E-state index contributed by atoms with van der Waals surface area (Å²) in [4.78, 5) is 11.7. The molecule has 72 valence electrons. The van der Waals surface area contributed by atoms with E-state index in [1.165, 1.54) is 0 Å². The van der Waals surface area contributed by atoms with Crippen LogP contribution < -0.4 is 0 Å². The van der Waals surface area contributed by atoms with Gasteiger partial charge in [-0.15, -0.1) is 12.6 Å². The molecule has 0 amide bonds. The van der Waals surface area contributed by atoms with E-state index in [9.17, 15) is 4.79 Å². The van der Waals surface area contributed by atoms with E-state index in [4.69, 9.17) is 0 Å². The van der Waals surface area contributed by atoms with Crippen LogP contribution in [0.15, 0.2) is 29.2 Å². The van der Waals surface area contributed by atoms with Crippen molar-refractivity contribution < 1.29 is 9.53 Å². The monoisotopic (exact) mass is 206 g/mol. The summed E-state index contributed by atoms with van der Waals surface area (Å²) >= 11 is 4.16. The first kappa shape index (κ1) is 10.7. The van der Waals surface area contributed by atoms with E-state index in [0.29, 0.717) is 6.61 Å². The van der Waals surface area contributed by atoms with Gasteiger partial charge in [-0.3, -0.25) is 0 Å². The average molecular weight is 206 g/mol. The van der Waals surface area contributed by atoms with Gasteiger partial charge < -0.3 is 4.74 Å². The molecule has 0 bridgehead atoms. The molecular weight excluding hydrogens is 196 g/mol. The minimum absolute atomic E-state index is 0.347. The number of hydrogen-bond acceptors (Lipinski definition) is 3. The maximum Gasteiger partial charge on any atom is 0.384 e. The van der Waals surface area contributed by atoms with Crippen LogP contribution in [0, 0.1) is 11.8 Å². The molecule has 0 saturated carbocycles. The third kappa shape index (κ3) is 3.55. The summed E-state index contributed by atoms with van der Waals surface area (Å²) in [5, 5.41) is 0. The Labute approximate surface area is 88.7 Å². The van der Waals surface area contributed by atoms with E-state index in [1.807, 2.05) is 18.2 Å². The Morgan fingerprint density at radius 3 is 3.00 bits per heavy atom. The normalized spacial score (nSPS) is 8.71. The second-order valence-corrected chi connectivity index (χ2v) is 3.04. The van der Waals surface area contributed by atoms with Gasteiger partial charge >= 0.3 is 5.97 Å². The van der Waals surface area contributed by atoms with Crippen LogP contribution in [0.4, 0.5) is 0 Å². The fraction of sp³-hybridized carbons (Fsp3) is 0.182. The molecule has 0 atom stereocenters. The van der Waals surface area contributed by atoms with Crippen molar-refractivity contribution in [1.29, 1.82) is 0 Å². The largest absolute Gasteiger partial charge is 0.456 e. The van der Waals surface area contributed by atoms with Crippen LogP contribution in [0.2, 0.25) is 0 Å². The van der Waals surface area contributed by atoms with Crippen LogP contribution in [0.5, 0.6) is 0 Å². The number of benzene rings is 1. The van der Waals surface area contributed by atoms with Crippen molar-refractivity contribution in [3.8, 4) is 11.8 Å². The number of esters is 1. The summed E-state index contributed by atoms with van der Waals surface area (Å²) in [6.45, 7) is 2.09. The average Bonchev–Trinajstić information content (AvgIpc) is 2.15. The lowest BCUT2D eigenvalue weighted by Gasteiger charge is -1.92. The van der Waals surface area contributed by atoms with Gasteiger partial charge in [-0.25, -0.2) is 4.79 Å². The van der Waals surface area contributed by atoms with Gasteiger partial charge in [0.15, 0.2) is 0 Å². The minimum atomic E-state index is -0.503. The highest BCUT2D eigenvalue weighted by Crippen LogP contribution is 2.07. The van der Waals surface area contributed by atoms with E-state index >= 15 is 0 Å². The van der Waals surface area contributed by atoms with Crippen LogP contribution in [0.3, 0.4) is 0 Å². The Balaban J connectivity index is 2.72. The fourth-order valence-electron chi connectivity index (χ4n) is 0.874. The van der Waals surface area contributed by atoms with Gasteiger partial charge in [-0.1, -0.05) is 12.0 Å². The number of thiol groups is 1. The maximum absolute atomic E-state index is 10.9. The highest BCUT2D eigenvalue weighted by atomic mass is 32.1. The zero-order valence-corrected chi connectivity index (χ0v) is 8.67. The zero-order chi connectivity index (χ0) is 10.4. The zero-order valence-electron chi connectivity index (χ0n) is 7.78. The third-order valence-corrected chi connectivity index (χ3v) is 1.71. The molecule has 0 unspecified atom stereocenters. The van der Waals surface area contributed by atoms with E-state index in [-0.39, 0.29) is 0 Å². The molecule has 0 aliphatic rings. The summed E-state index contributed by atoms with van der Waals surface area (Å²) in [7, 11) is 0. The Hall–Kier alpha value is -1.40. The van der Waals surface area contributed by atoms with Crippen molar-refractivity contribution in [1.82, 2.24) is 0 Å². The van der Waals surface area contributed by atoms with Crippen LogP contribution in [-0.2, 0) is 9.53 Å². The summed E-state index contributed by atoms with van der Waals surface area (Å²) in [6.07, 6.45) is 0. The SMILES string of the molecule is CCOC(=O)C#Cc1cccc(S)c1. The Morgan fingerprint density at radius 1 is 1.57 bits per heavy atom. The second-order valence-electron chi connectivity index (χ2n) is 2.52. The molecule has 0 aliphatic carbocycles.